The zero-order valence-electron chi connectivity index (χ0n) is 14.2. The second kappa shape index (κ2) is 7.20. The van der Waals surface area contributed by atoms with Gasteiger partial charge in [0.15, 0.2) is 9.84 Å². The molecule has 0 saturated heterocycles. The van der Waals surface area contributed by atoms with Crippen LogP contribution in [-0.2, 0) is 22.7 Å². The fourth-order valence-corrected chi connectivity index (χ4v) is 4.81. The van der Waals surface area contributed by atoms with Crippen molar-refractivity contribution < 1.29 is 23.1 Å². The van der Waals surface area contributed by atoms with Gasteiger partial charge >= 0.3 is 5.97 Å². The Morgan fingerprint density at radius 3 is 2.50 bits per heavy atom. The minimum atomic E-state index is -3.60. The van der Waals surface area contributed by atoms with Crippen LogP contribution in [0.4, 0.5) is 5.69 Å². The average Bonchev–Trinajstić information content (AvgIpc) is 2.85. The molecule has 8 heteroatoms. The van der Waals surface area contributed by atoms with Crippen LogP contribution < -0.4 is 5.32 Å². The topological polar surface area (TPSA) is 101 Å². The Labute approximate surface area is 155 Å². The molecule has 1 aromatic carbocycles. The molecule has 0 saturated carbocycles. The summed E-state index contributed by atoms with van der Waals surface area (Å²) in [6.07, 6.45) is 6.36. The van der Waals surface area contributed by atoms with Gasteiger partial charge in [-0.1, -0.05) is 6.42 Å². The number of sulfone groups is 1. The molecular weight excluding hydrogens is 374 g/mol. The highest BCUT2D eigenvalue weighted by molar-refractivity contribution is 7.90. The van der Waals surface area contributed by atoms with Crippen LogP contribution in [0.15, 0.2) is 29.2 Å². The molecule has 1 aliphatic carbocycles. The number of thiophene rings is 1. The third-order valence-electron chi connectivity index (χ3n) is 4.31. The van der Waals surface area contributed by atoms with Crippen molar-refractivity contribution in [3.05, 3.63) is 45.1 Å². The number of nitrogens with one attached hydrogen (secondary N) is 1. The predicted octanol–water partition coefficient (Wildman–Crippen LogP) is 3.37. The van der Waals surface area contributed by atoms with Gasteiger partial charge in [0.1, 0.15) is 0 Å². The minimum Gasteiger partial charge on any atom is -0.478 e. The largest absolute Gasteiger partial charge is 0.478 e. The van der Waals surface area contributed by atoms with Crippen LogP contribution in [0.25, 0.3) is 0 Å². The lowest BCUT2D eigenvalue weighted by Crippen LogP contribution is -2.12. The number of carboxylic acid groups (broad SMARTS) is 1. The molecule has 2 aromatic rings. The number of benzene rings is 1. The summed E-state index contributed by atoms with van der Waals surface area (Å²) in [7, 11) is -3.60. The smallest absolute Gasteiger partial charge is 0.335 e. The summed E-state index contributed by atoms with van der Waals surface area (Å²) in [5, 5.41) is 11.8. The highest BCUT2D eigenvalue weighted by atomic mass is 32.2. The van der Waals surface area contributed by atoms with Crippen molar-refractivity contribution in [2.75, 3.05) is 11.6 Å². The predicted molar refractivity (Wildman–Crippen MR) is 100 cm³/mol. The van der Waals surface area contributed by atoms with E-state index in [0.717, 1.165) is 38.0 Å². The molecule has 138 valence electrons. The molecule has 0 bridgehead atoms. The standard InChI is InChI=1S/C18H19NO5S2/c1-26(23,24)14-8-12(18(21)22)7-13(10-14)19-17(20)16-9-11-5-3-2-4-6-15(11)25-16/h7-10H,2-6H2,1H3,(H,19,20)(H,21,22). The van der Waals surface area contributed by atoms with Crippen molar-refractivity contribution in [3.63, 3.8) is 0 Å². The Morgan fingerprint density at radius 1 is 1.08 bits per heavy atom. The first-order valence-corrected chi connectivity index (χ1v) is 11.0. The zero-order chi connectivity index (χ0) is 18.9. The van der Waals surface area contributed by atoms with Crippen molar-refractivity contribution in [1.82, 2.24) is 0 Å². The SMILES string of the molecule is CS(=O)(=O)c1cc(NC(=O)c2cc3c(s2)CCCCC3)cc(C(=O)O)c1. The third kappa shape index (κ3) is 4.13. The second-order valence-electron chi connectivity index (χ2n) is 6.40. The molecule has 0 atom stereocenters. The van der Waals surface area contributed by atoms with Crippen molar-refractivity contribution in [1.29, 1.82) is 0 Å². The number of carbonyl (C=O) groups excluding carboxylic acids is 1. The molecule has 6 nitrogen and oxygen atoms in total. The normalized spacial score (nSPS) is 14.3. The van der Waals surface area contributed by atoms with E-state index < -0.39 is 15.8 Å². The molecule has 0 fully saturated rings. The molecule has 3 rings (SSSR count). The van der Waals surface area contributed by atoms with E-state index in [4.69, 9.17) is 0 Å². The third-order valence-corrected chi connectivity index (χ3v) is 6.64. The molecule has 1 heterocycles. The van der Waals surface area contributed by atoms with Crippen LogP contribution >= 0.6 is 11.3 Å². The minimum absolute atomic E-state index is 0.144. The van der Waals surface area contributed by atoms with Crippen LogP contribution in [0.5, 0.6) is 0 Å². The lowest BCUT2D eigenvalue weighted by Gasteiger charge is -2.08. The Kier molecular flexibility index (Phi) is 5.15. The van der Waals surface area contributed by atoms with E-state index in [1.54, 1.807) is 0 Å². The highest BCUT2D eigenvalue weighted by Gasteiger charge is 2.19. The van der Waals surface area contributed by atoms with E-state index in [9.17, 15) is 23.1 Å². The van der Waals surface area contributed by atoms with Crippen molar-refractivity contribution in [2.45, 2.75) is 37.0 Å². The van der Waals surface area contributed by atoms with Gasteiger partial charge in [0.05, 0.1) is 15.3 Å². The number of hydrogen-bond acceptors (Lipinski definition) is 5. The lowest BCUT2D eigenvalue weighted by molar-refractivity contribution is 0.0696. The number of rotatable bonds is 4. The number of amides is 1. The van der Waals surface area contributed by atoms with Gasteiger partial charge in [-0.2, -0.15) is 0 Å². The highest BCUT2D eigenvalue weighted by Crippen LogP contribution is 2.30. The van der Waals surface area contributed by atoms with Gasteiger partial charge in [-0.3, -0.25) is 4.79 Å². The summed E-state index contributed by atoms with van der Waals surface area (Å²) in [4.78, 5) is 25.4. The molecular formula is C18H19NO5S2. The fourth-order valence-electron chi connectivity index (χ4n) is 2.98. The molecule has 0 aliphatic heterocycles. The number of aromatic carboxylic acids is 1. The van der Waals surface area contributed by atoms with Crippen molar-refractivity contribution >= 4 is 38.7 Å². The number of hydrogen-bond donors (Lipinski definition) is 2. The van der Waals surface area contributed by atoms with E-state index in [1.807, 2.05) is 6.07 Å². The maximum Gasteiger partial charge on any atom is 0.335 e. The van der Waals surface area contributed by atoms with Gasteiger partial charge in [0, 0.05) is 16.8 Å². The molecule has 1 amide bonds. The molecule has 0 radical (unpaired) electrons. The number of carboxylic acids is 1. The summed E-state index contributed by atoms with van der Waals surface area (Å²) in [6, 6.07) is 5.51. The molecule has 2 N–H and O–H groups in total. The van der Waals surface area contributed by atoms with E-state index >= 15 is 0 Å². The van der Waals surface area contributed by atoms with E-state index in [2.05, 4.69) is 5.32 Å². The van der Waals surface area contributed by atoms with Crippen molar-refractivity contribution in [3.8, 4) is 0 Å². The maximum atomic E-state index is 12.6. The van der Waals surface area contributed by atoms with Gasteiger partial charge < -0.3 is 10.4 Å². The number of anilines is 1. The van der Waals surface area contributed by atoms with Gasteiger partial charge in [-0.05, 0) is 55.5 Å². The first kappa shape index (κ1) is 18.6. The van der Waals surface area contributed by atoms with Gasteiger partial charge in [0.2, 0.25) is 0 Å². The number of carbonyl (C=O) groups is 2. The van der Waals surface area contributed by atoms with E-state index in [1.165, 1.54) is 40.3 Å². The average molecular weight is 393 g/mol. The summed E-state index contributed by atoms with van der Waals surface area (Å²) < 4.78 is 23.6. The van der Waals surface area contributed by atoms with Crippen LogP contribution in [0, 0.1) is 0 Å². The summed E-state index contributed by atoms with van der Waals surface area (Å²) in [6.45, 7) is 0. The zero-order valence-corrected chi connectivity index (χ0v) is 15.9. The lowest BCUT2D eigenvalue weighted by atomic mass is 10.1. The van der Waals surface area contributed by atoms with Gasteiger partial charge in [0.25, 0.3) is 5.91 Å². The summed E-state index contributed by atoms with van der Waals surface area (Å²) in [5.74, 6) is -1.61. The molecule has 0 unspecified atom stereocenters. The first-order chi connectivity index (χ1) is 12.2. The summed E-state index contributed by atoms with van der Waals surface area (Å²) >= 11 is 1.45. The van der Waals surface area contributed by atoms with Gasteiger partial charge in [-0.25, -0.2) is 13.2 Å². The first-order valence-electron chi connectivity index (χ1n) is 8.25. The number of fused-ring (bicyclic) bond motifs is 1. The second-order valence-corrected chi connectivity index (χ2v) is 9.55. The van der Waals surface area contributed by atoms with Crippen LogP contribution in [0.2, 0.25) is 0 Å². The summed E-state index contributed by atoms with van der Waals surface area (Å²) in [5.41, 5.74) is 1.16. The monoisotopic (exact) mass is 393 g/mol. The maximum absolute atomic E-state index is 12.6. The van der Waals surface area contributed by atoms with Crippen LogP contribution in [-0.4, -0.2) is 31.7 Å². The van der Waals surface area contributed by atoms with E-state index in [-0.39, 0.29) is 22.1 Å². The van der Waals surface area contributed by atoms with Gasteiger partial charge in [-0.15, -0.1) is 11.3 Å². The van der Waals surface area contributed by atoms with E-state index in [0.29, 0.717) is 4.88 Å². The molecule has 26 heavy (non-hydrogen) atoms. The van der Waals surface area contributed by atoms with Crippen LogP contribution in [0.3, 0.4) is 0 Å². The van der Waals surface area contributed by atoms with Crippen LogP contribution in [0.1, 0.15) is 49.7 Å². The van der Waals surface area contributed by atoms with Crippen molar-refractivity contribution in [2.24, 2.45) is 0 Å². The quantitative estimate of drug-likeness (QED) is 0.776. The fraction of sp³-hybridized carbons (Fsp3) is 0.333. The Bertz CT molecular complexity index is 952. The Balaban J connectivity index is 1.89. The molecule has 1 aliphatic rings. The number of aryl methyl sites for hydroxylation is 2. The Morgan fingerprint density at radius 2 is 1.81 bits per heavy atom. The molecule has 1 aromatic heterocycles. The Hall–Kier alpha value is -2.19. The molecule has 0 spiro atoms.